The van der Waals surface area contributed by atoms with Crippen molar-refractivity contribution in [2.75, 3.05) is 92.2 Å². The number of piperazine rings is 2. The number of halogens is 1. The Hall–Kier alpha value is -2.62. The summed E-state index contributed by atoms with van der Waals surface area (Å²) < 4.78 is 11.8. The summed E-state index contributed by atoms with van der Waals surface area (Å²) in [5.74, 6) is 1.00. The highest BCUT2D eigenvalue weighted by Crippen LogP contribution is 2.33. The lowest BCUT2D eigenvalue weighted by atomic mass is 10.0. The molecular weight excluding hydrogens is 550 g/mol. The first-order valence-electron chi connectivity index (χ1n) is 15.6. The minimum atomic E-state index is 0.162. The van der Waals surface area contributed by atoms with Gasteiger partial charge in [0.25, 0.3) is 0 Å². The first-order valence-corrected chi connectivity index (χ1v) is 15.9. The Labute approximate surface area is 255 Å². The van der Waals surface area contributed by atoms with Crippen LogP contribution in [0.5, 0.6) is 5.75 Å². The van der Waals surface area contributed by atoms with Crippen LogP contribution in [0.2, 0.25) is 5.02 Å². The molecule has 1 aromatic heterocycles. The topological polar surface area (TPSA) is 64.4 Å². The Morgan fingerprint density at radius 2 is 1.55 bits per heavy atom. The lowest BCUT2D eigenvalue weighted by Crippen LogP contribution is -2.49. The van der Waals surface area contributed by atoms with Crippen LogP contribution in [-0.4, -0.2) is 118 Å². The minimum Gasteiger partial charge on any atom is -0.493 e. The zero-order chi connectivity index (χ0) is 29.1. The summed E-state index contributed by atoms with van der Waals surface area (Å²) in [7, 11) is 2.18. The fourth-order valence-electron chi connectivity index (χ4n) is 5.79. The number of hydrogen-bond donors (Lipinski definition) is 1. The van der Waals surface area contributed by atoms with Crippen LogP contribution in [0.15, 0.2) is 53.1 Å². The molecule has 2 aliphatic rings. The van der Waals surface area contributed by atoms with Crippen LogP contribution in [0, 0.1) is 0 Å². The SMILES string of the molecule is CN1CCN(CCCNC(=O)CN2CCN(CCCCCOc3ccc4c(-c5ccc(Cl)cc5)coc4c3)CC2)CC1. The Morgan fingerprint density at radius 3 is 2.31 bits per heavy atom. The summed E-state index contributed by atoms with van der Waals surface area (Å²) in [5.41, 5.74) is 2.97. The molecule has 228 valence electrons. The van der Waals surface area contributed by atoms with Gasteiger partial charge in [-0.15, -0.1) is 0 Å². The number of ether oxygens (including phenoxy) is 1. The molecule has 0 saturated carbocycles. The summed E-state index contributed by atoms with van der Waals surface area (Å²) >= 11 is 6.03. The van der Waals surface area contributed by atoms with Gasteiger partial charge in [0.05, 0.1) is 19.4 Å². The van der Waals surface area contributed by atoms with E-state index in [1.54, 1.807) is 6.26 Å². The molecule has 8 nitrogen and oxygen atoms in total. The predicted octanol–water partition coefficient (Wildman–Crippen LogP) is 4.67. The molecule has 1 amide bonds. The van der Waals surface area contributed by atoms with E-state index in [1.807, 2.05) is 36.4 Å². The Bertz CT molecular complexity index is 1250. The van der Waals surface area contributed by atoms with E-state index in [-0.39, 0.29) is 5.91 Å². The van der Waals surface area contributed by atoms with Gasteiger partial charge in [0.15, 0.2) is 0 Å². The number of fused-ring (bicyclic) bond motifs is 1. The van der Waals surface area contributed by atoms with Crippen LogP contribution in [0.4, 0.5) is 0 Å². The van der Waals surface area contributed by atoms with Crippen molar-refractivity contribution in [1.82, 2.24) is 24.9 Å². The molecular formula is C33H46ClN5O3. The van der Waals surface area contributed by atoms with Crippen molar-refractivity contribution in [1.29, 1.82) is 0 Å². The van der Waals surface area contributed by atoms with Gasteiger partial charge in [-0.25, -0.2) is 0 Å². The van der Waals surface area contributed by atoms with Crippen molar-refractivity contribution in [2.24, 2.45) is 0 Å². The molecule has 3 heterocycles. The molecule has 5 rings (SSSR count). The van der Waals surface area contributed by atoms with Gasteiger partial charge in [-0.05, 0) is 75.6 Å². The van der Waals surface area contributed by atoms with Crippen molar-refractivity contribution in [3.63, 3.8) is 0 Å². The van der Waals surface area contributed by atoms with E-state index < -0.39 is 0 Å². The molecule has 0 atom stereocenters. The summed E-state index contributed by atoms with van der Waals surface area (Å²) in [6, 6.07) is 13.9. The quantitative estimate of drug-likeness (QED) is 0.272. The maximum Gasteiger partial charge on any atom is 0.234 e. The fraction of sp³-hybridized carbons (Fsp3) is 0.545. The maximum absolute atomic E-state index is 12.4. The number of benzene rings is 2. The van der Waals surface area contributed by atoms with Crippen molar-refractivity contribution in [3.05, 3.63) is 53.8 Å². The zero-order valence-corrected chi connectivity index (χ0v) is 25.8. The number of carbonyl (C=O) groups excluding carboxylic acids is 1. The Balaban J connectivity index is 0.897. The van der Waals surface area contributed by atoms with Gasteiger partial charge < -0.3 is 29.2 Å². The first kappa shape index (κ1) is 30.8. The van der Waals surface area contributed by atoms with Crippen LogP contribution in [0.25, 0.3) is 22.1 Å². The Kier molecular flexibility index (Phi) is 11.5. The lowest BCUT2D eigenvalue weighted by Gasteiger charge is -2.34. The second-order valence-corrected chi connectivity index (χ2v) is 12.1. The van der Waals surface area contributed by atoms with Crippen LogP contribution in [0.3, 0.4) is 0 Å². The minimum absolute atomic E-state index is 0.162. The molecule has 2 aromatic carbocycles. The Morgan fingerprint density at radius 1 is 0.857 bits per heavy atom. The monoisotopic (exact) mass is 595 g/mol. The molecule has 0 spiro atoms. The zero-order valence-electron chi connectivity index (χ0n) is 25.0. The molecule has 0 radical (unpaired) electrons. The standard InChI is InChI=1S/C33H46ClN5O3/c1-36-15-17-38(18-16-36)14-5-12-35-33(40)25-39-21-19-37(20-22-39)13-3-2-4-23-41-29-10-11-30-31(26-42-32(30)24-29)27-6-8-28(34)9-7-27/h6-11,24,26H,2-5,12-23,25H2,1H3,(H,35,40). The number of unbranched alkanes of at least 4 members (excludes halogenated alkanes) is 2. The largest absolute Gasteiger partial charge is 0.493 e. The molecule has 0 unspecified atom stereocenters. The van der Waals surface area contributed by atoms with Crippen molar-refractivity contribution >= 4 is 28.5 Å². The van der Waals surface area contributed by atoms with E-state index in [0.717, 1.165) is 124 Å². The summed E-state index contributed by atoms with van der Waals surface area (Å²) in [5, 5.41) is 4.92. The highest BCUT2D eigenvalue weighted by atomic mass is 35.5. The van der Waals surface area contributed by atoms with Crippen LogP contribution < -0.4 is 10.1 Å². The van der Waals surface area contributed by atoms with E-state index in [0.29, 0.717) is 13.2 Å². The predicted molar refractivity (Wildman–Crippen MR) is 170 cm³/mol. The average Bonchev–Trinajstić information content (AvgIpc) is 3.42. The number of likely N-dealkylation sites (N-methyl/N-ethyl adjacent to an activating group) is 1. The van der Waals surface area contributed by atoms with Gasteiger partial charge in [0.2, 0.25) is 5.91 Å². The molecule has 2 fully saturated rings. The number of furan rings is 1. The number of hydrogen-bond acceptors (Lipinski definition) is 7. The third-order valence-electron chi connectivity index (χ3n) is 8.49. The molecule has 2 aliphatic heterocycles. The number of nitrogens with one attached hydrogen (secondary N) is 1. The second-order valence-electron chi connectivity index (χ2n) is 11.7. The van der Waals surface area contributed by atoms with Crippen molar-refractivity contribution < 1.29 is 13.9 Å². The van der Waals surface area contributed by atoms with Gasteiger partial charge in [0.1, 0.15) is 11.3 Å². The van der Waals surface area contributed by atoms with E-state index in [1.165, 1.54) is 6.42 Å². The molecule has 0 aliphatic carbocycles. The van der Waals surface area contributed by atoms with E-state index in [2.05, 4.69) is 38.0 Å². The van der Waals surface area contributed by atoms with Crippen LogP contribution in [-0.2, 0) is 4.79 Å². The normalized spacial score (nSPS) is 17.6. The van der Waals surface area contributed by atoms with Gasteiger partial charge in [-0.3, -0.25) is 9.69 Å². The number of nitrogens with zero attached hydrogens (tertiary/aromatic N) is 4. The maximum atomic E-state index is 12.4. The second kappa shape index (κ2) is 15.7. The van der Waals surface area contributed by atoms with Gasteiger partial charge >= 0.3 is 0 Å². The number of amides is 1. The van der Waals surface area contributed by atoms with Crippen LogP contribution >= 0.6 is 11.6 Å². The average molecular weight is 596 g/mol. The van der Waals surface area contributed by atoms with Gasteiger partial charge in [-0.1, -0.05) is 23.7 Å². The summed E-state index contributed by atoms with van der Waals surface area (Å²) in [6.45, 7) is 12.7. The highest BCUT2D eigenvalue weighted by Gasteiger charge is 2.19. The third kappa shape index (κ3) is 9.19. The van der Waals surface area contributed by atoms with E-state index in [9.17, 15) is 4.79 Å². The molecule has 42 heavy (non-hydrogen) atoms. The molecule has 0 bridgehead atoms. The fourth-order valence-corrected chi connectivity index (χ4v) is 5.91. The molecule has 1 N–H and O–H groups in total. The van der Waals surface area contributed by atoms with Crippen molar-refractivity contribution in [3.8, 4) is 16.9 Å². The highest BCUT2D eigenvalue weighted by molar-refractivity contribution is 6.30. The first-order chi connectivity index (χ1) is 20.5. The summed E-state index contributed by atoms with van der Waals surface area (Å²) in [6.07, 6.45) is 6.16. The van der Waals surface area contributed by atoms with Gasteiger partial charge in [0, 0.05) is 80.9 Å². The molecule has 2 saturated heterocycles. The number of carbonyl (C=O) groups is 1. The van der Waals surface area contributed by atoms with Crippen LogP contribution in [0.1, 0.15) is 25.7 Å². The lowest BCUT2D eigenvalue weighted by molar-refractivity contribution is -0.122. The van der Waals surface area contributed by atoms with E-state index in [4.69, 9.17) is 20.8 Å². The number of rotatable bonds is 14. The van der Waals surface area contributed by atoms with Crippen molar-refractivity contribution in [2.45, 2.75) is 25.7 Å². The van der Waals surface area contributed by atoms with E-state index >= 15 is 0 Å². The third-order valence-corrected chi connectivity index (χ3v) is 8.74. The van der Waals surface area contributed by atoms with Gasteiger partial charge in [-0.2, -0.15) is 0 Å². The molecule has 9 heteroatoms. The summed E-state index contributed by atoms with van der Waals surface area (Å²) in [4.78, 5) is 22.1. The molecule has 3 aromatic rings. The smallest absolute Gasteiger partial charge is 0.234 e.